The molecule has 0 aliphatic rings. The van der Waals surface area contributed by atoms with E-state index < -0.39 is 0 Å². The maximum absolute atomic E-state index is 11.2. The average molecular weight is 219 g/mol. The molecule has 1 N–H and O–H groups in total. The van der Waals surface area contributed by atoms with E-state index >= 15 is 0 Å². The van der Waals surface area contributed by atoms with Crippen molar-refractivity contribution in [3.05, 3.63) is 36.3 Å². The van der Waals surface area contributed by atoms with Gasteiger partial charge in [0.1, 0.15) is 12.3 Å². The summed E-state index contributed by atoms with van der Waals surface area (Å²) in [5, 5.41) is 2.72. The summed E-state index contributed by atoms with van der Waals surface area (Å²) in [6, 6.07) is 5.78. The number of aromatic nitrogens is 2. The lowest BCUT2D eigenvalue weighted by Crippen LogP contribution is -2.26. The van der Waals surface area contributed by atoms with Gasteiger partial charge in [0.15, 0.2) is 0 Å². The van der Waals surface area contributed by atoms with Crippen LogP contribution in [0.1, 0.15) is 5.69 Å². The number of fused-ring (bicyclic) bond motifs is 1. The number of nitrogens with zero attached hydrogens (tertiary/aromatic N) is 2. The van der Waals surface area contributed by atoms with E-state index in [9.17, 15) is 4.79 Å². The van der Waals surface area contributed by atoms with Crippen LogP contribution in [0.25, 0.3) is 5.65 Å². The number of pyridine rings is 1. The van der Waals surface area contributed by atoms with Crippen molar-refractivity contribution in [1.82, 2.24) is 14.7 Å². The van der Waals surface area contributed by atoms with E-state index in [1.807, 2.05) is 35.0 Å². The van der Waals surface area contributed by atoms with Crippen LogP contribution in [0.15, 0.2) is 30.6 Å². The van der Waals surface area contributed by atoms with Gasteiger partial charge >= 0.3 is 0 Å². The van der Waals surface area contributed by atoms with Crippen molar-refractivity contribution in [2.24, 2.45) is 0 Å². The Hall–Kier alpha value is -1.88. The van der Waals surface area contributed by atoms with Crippen LogP contribution in [0.5, 0.6) is 0 Å². The predicted molar refractivity (Wildman–Crippen MR) is 58.9 cm³/mol. The average Bonchev–Trinajstić information content (AvgIpc) is 2.69. The normalized spacial score (nSPS) is 10.6. The number of carbonyl (C=O) groups is 1. The Morgan fingerprint density at radius 3 is 3.19 bits per heavy atom. The Labute approximate surface area is 93.1 Å². The molecule has 0 fully saturated rings. The van der Waals surface area contributed by atoms with Crippen LogP contribution in [0.3, 0.4) is 0 Å². The molecule has 5 heteroatoms. The minimum atomic E-state index is -0.139. The number of methoxy groups -OCH3 is 1. The van der Waals surface area contributed by atoms with E-state index in [4.69, 9.17) is 4.74 Å². The molecule has 0 bridgehead atoms. The fraction of sp³-hybridized carbons (Fsp3) is 0.273. The molecule has 0 spiro atoms. The third kappa shape index (κ3) is 2.38. The number of ether oxygens (including phenoxy) is 1. The van der Waals surface area contributed by atoms with Gasteiger partial charge in [0.2, 0.25) is 5.91 Å². The molecule has 0 saturated heterocycles. The Kier molecular flexibility index (Phi) is 3.16. The van der Waals surface area contributed by atoms with Crippen LogP contribution in [0.2, 0.25) is 0 Å². The second-order valence-corrected chi connectivity index (χ2v) is 3.41. The Balaban J connectivity index is 2.02. The summed E-state index contributed by atoms with van der Waals surface area (Å²) < 4.78 is 6.63. The zero-order chi connectivity index (χ0) is 11.4. The van der Waals surface area contributed by atoms with Gasteiger partial charge in [-0.2, -0.15) is 0 Å². The molecule has 1 amide bonds. The molecule has 0 unspecified atom stereocenters. The van der Waals surface area contributed by atoms with Crippen LogP contribution < -0.4 is 5.32 Å². The molecule has 0 radical (unpaired) electrons. The highest BCUT2D eigenvalue weighted by Gasteiger charge is 2.03. The molecule has 0 aliphatic heterocycles. The van der Waals surface area contributed by atoms with E-state index in [1.165, 1.54) is 7.11 Å². The first-order valence-electron chi connectivity index (χ1n) is 4.98. The highest BCUT2D eigenvalue weighted by atomic mass is 16.5. The SMILES string of the molecule is COCC(=O)NCc1cn2ccccc2n1. The summed E-state index contributed by atoms with van der Waals surface area (Å²) in [6.45, 7) is 0.497. The van der Waals surface area contributed by atoms with Gasteiger partial charge < -0.3 is 14.5 Å². The minimum Gasteiger partial charge on any atom is -0.375 e. The van der Waals surface area contributed by atoms with Gasteiger partial charge in [-0.05, 0) is 12.1 Å². The van der Waals surface area contributed by atoms with Crippen molar-refractivity contribution in [3.63, 3.8) is 0 Å². The molecular weight excluding hydrogens is 206 g/mol. The van der Waals surface area contributed by atoms with Crippen molar-refractivity contribution in [2.45, 2.75) is 6.54 Å². The Morgan fingerprint density at radius 1 is 1.56 bits per heavy atom. The standard InChI is InChI=1S/C11H13N3O2/c1-16-8-11(15)12-6-9-7-14-5-3-2-4-10(14)13-9/h2-5,7H,6,8H2,1H3,(H,12,15). The monoisotopic (exact) mass is 219 g/mol. The molecule has 2 aromatic heterocycles. The van der Waals surface area contributed by atoms with E-state index in [2.05, 4.69) is 10.3 Å². The van der Waals surface area contributed by atoms with Crippen LogP contribution in [-0.2, 0) is 16.1 Å². The highest BCUT2D eigenvalue weighted by molar-refractivity contribution is 5.77. The van der Waals surface area contributed by atoms with Crippen molar-refractivity contribution in [2.75, 3.05) is 13.7 Å². The number of nitrogens with one attached hydrogen (secondary N) is 1. The molecule has 84 valence electrons. The van der Waals surface area contributed by atoms with E-state index in [1.54, 1.807) is 0 Å². The van der Waals surface area contributed by atoms with Gasteiger partial charge in [-0.15, -0.1) is 0 Å². The van der Waals surface area contributed by atoms with Crippen molar-refractivity contribution >= 4 is 11.6 Å². The molecule has 5 nitrogen and oxygen atoms in total. The summed E-state index contributed by atoms with van der Waals surface area (Å²) in [5.74, 6) is -0.139. The molecular formula is C11H13N3O2. The lowest BCUT2D eigenvalue weighted by molar-refractivity contribution is -0.124. The minimum absolute atomic E-state index is 0.0768. The number of carbonyl (C=O) groups excluding carboxylic acids is 1. The maximum Gasteiger partial charge on any atom is 0.246 e. The third-order valence-electron chi connectivity index (χ3n) is 2.16. The summed E-state index contributed by atoms with van der Waals surface area (Å²) in [6.07, 6.45) is 3.81. The third-order valence-corrected chi connectivity index (χ3v) is 2.16. The smallest absolute Gasteiger partial charge is 0.246 e. The largest absolute Gasteiger partial charge is 0.375 e. The first kappa shape index (κ1) is 10.6. The van der Waals surface area contributed by atoms with E-state index in [0.29, 0.717) is 6.54 Å². The maximum atomic E-state index is 11.2. The predicted octanol–water partition coefficient (Wildman–Crippen LogP) is 0.597. The molecule has 0 aliphatic carbocycles. The lowest BCUT2D eigenvalue weighted by Gasteiger charge is -2.00. The summed E-state index contributed by atoms with van der Waals surface area (Å²) in [7, 11) is 1.49. The topological polar surface area (TPSA) is 55.6 Å². The number of amides is 1. The fourth-order valence-electron chi connectivity index (χ4n) is 1.44. The zero-order valence-corrected chi connectivity index (χ0v) is 9.01. The molecule has 16 heavy (non-hydrogen) atoms. The van der Waals surface area contributed by atoms with Gasteiger partial charge in [-0.1, -0.05) is 6.07 Å². The van der Waals surface area contributed by atoms with Crippen LogP contribution in [0, 0.1) is 0 Å². The van der Waals surface area contributed by atoms with Gasteiger partial charge in [-0.25, -0.2) is 4.98 Å². The molecule has 2 rings (SSSR count). The number of imidazole rings is 1. The molecule has 2 heterocycles. The van der Waals surface area contributed by atoms with Gasteiger partial charge in [0, 0.05) is 19.5 Å². The molecule has 2 aromatic rings. The Morgan fingerprint density at radius 2 is 2.44 bits per heavy atom. The summed E-state index contributed by atoms with van der Waals surface area (Å²) in [4.78, 5) is 15.5. The first-order valence-corrected chi connectivity index (χ1v) is 4.98. The highest BCUT2D eigenvalue weighted by Crippen LogP contribution is 2.03. The van der Waals surface area contributed by atoms with Gasteiger partial charge in [0.25, 0.3) is 0 Å². The fourth-order valence-corrected chi connectivity index (χ4v) is 1.44. The number of rotatable bonds is 4. The van der Waals surface area contributed by atoms with Crippen molar-refractivity contribution in [1.29, 1.82) is 0 Å². The van der Waals surface area contributed by atoms with Gasteiger partial charge in [0.05, 0.1) is 12.2 Å². The van der Waals surface area contributed by atoms with Crippen molar-refractivity contribution < 1.29 is 9.53 Å². The number of hydrogen-bond acceptors (Lipinski definition) is 3. The van der Waals surface area contributed by atoms with Crippen LogP contribution in [-0.4, -0.2) is 29.0 Å². The molecule has 0 saturated carbocycles. The first-order chi connectivity index (χ1) is 7.79. The van der Waals surface area contributed by atoms with E-state index in [0.717, 1.165) is 11.3 Å². The second kappa shape index (κ2) is 4.76. The summed E-state index contributed by atoms with van der Waals surface area (Å²) in [5.41, 5.74) is 1.70. The second-order valence-electron chi connectivity index (χ2n) is 3.41. The van der Waals surface area contributed by atoms with Crippen LogP contribution in [0.4, 0.5) is 0 Å². The quantitative estimate of drug-likeness (QED) is 0.819. The Bertz CT molecular complexity index is 460. The summed E-state index contributed by atoms with van der Waals surface area (Å²) >= 11 is 0. The van der Waals surface area contributed by atoms with E-state index in [-0.39, 0.29) is 12.5 Å². The molecule has 0 atom stereocenters. The zero-order valence-electron chi connectivity index (χ0n) is 9.01. The molecule has 0 aromatic carbocycles. The van der Waals surface area contributed by atoms with Crippen LogP contribution >= 0.6 is 0 Å². The lowest BCUT2D eigenvalue weighted by atomic mass is 10.4. The van der Waals surface area contributed by atoms with Crippen molar-refractivity contribution in [3.8, 4) is 0 Å². The number of hydrogen-bond donors (Lipinski definition) is 1. The van der Waals surface area contributed by atoms with Gasteiger partial charge in [-0.3, -0.25) is 4.79 Å².